The van der Waals surface area contributed by atoms with Crippen LogP contribution in [0.25, 0.3) is 0 Å². The Labute approximate surface area is 77.5 Å². The Hall–Kier alpha value is -0.380. The molecule has 12 heavy (non-hydrogen) atoms. The zero-order chi connectivity index (χ0) is 8.97. The highest BCUT2D eigenvalue weighted by Crippen LogP contribution is 2.10. The predicted molar refractivity (Wildman–Crippen MR) is 52.3 cm³/mol. The second-order valence-corrected chi connectivity index (χ2v) is 4.16. The third kappa shape index (κ3) is 3.34. The van der Waals surface area contributed by atoms with Crippen LogP contribution in [0.5, 0.6) is 0 Å². The van der Waals surface area contributed by atoms with Gasteiger partial charge in [0.05, 0.1) is 6.10 Å². The Bertz CT molecular complexity index is 208. The fourth-order valence-electron chi connectivity index (χ4n) is 1.18. The van der Waals surface area contributed by atoms with Gasteiger partial charge >= 0.3 is 0 Å². The number of nitrogens with zero attached hydrogens (tertiary/aromatic N) is 1. The largest absolute Gasteiger partial charge is 0.392 e. The van der Waals surface area contributed by atoms with Crippen LogP contribution in [0.3, 0.4) is 0 Å². The minimum Gasteiger partial charge on any atom is -0.392 e. The minimum absolute atomic E-state index is 0.241. The Morgan fingerprint density at radius 1 is 1.67 bits per heavy atom. The number of thiophene rings is 1. The number of aliphatic hydroxyl groups excluding tert-OH is 1. The van der Waals surface area contributed by atoms with E-state index in [2.05, 4.69) is 22.4 Å². The van der Waals surface area contributed by atoms with E-state index >= 15 is 0 Å². The molecule has 0 saturated heterocycles. The lowest BCUT2D eigenvalue weighted by Gasteiger charge is -2.16. The highest BCUT2D eigenvalue weighted by molar-refractivity contribution is 7.09. The van der Waals surface area contributed by atoms with Gasteiger partial charge in [0.25, 0.3) is 0 Å². The molecule has 0 fully saturated rings. The van der Waals surface area contributed by atoms with E-state index in [1.54, 1.807) is 11.3 Å². The molecule has 1 heterocycles. The van der Waals surface area contributed by atoms with Crippen LogP contribution in [0, 0.1) is 0 Å². The van der Waals surface area contributed by atoms with Crippen LogP contribution < -0.4 is 0 Å². The smallest absolute Gasteiger partial charge is 0.0639 e. The number of rotatable bonds is 4. The van der Waals surface area contributed by atoms with Crippen molar-refractivity contribution in [2.75, 3.05) is 13.6 Å². The van der Waals surface area contributed by atoms with E-state index in [4.69, 9.17) is 5.11 Å². The molecule has 0 amide bonds. The second kappa shape index (κ2) is 4.60. The zero-order valence-electron chi connectivity index (χ0n) is 7.53. The monoisotopic (exact) mass is 185 g/mol. The summed E-state index contributed by atoms with van der Waals surface area (Å²) < 4.78 is 0. The van der Waals surface area contributed by atoms with Gasteiger partial charge in [0.2, 0.25) is 0 Å². The minimum atomic E-state index is -0.241. The van der Waals surface area contributed by atoms with Gasteiger partial charge < -0.3 is 5.11 Å². The summed E-state index contributed by atoms with van der Waals surface area (Å²) in [7, 11) is 2.02. The van der Waals surface area contributed by atoms with E-state index in [1.165, 1.54) is 4.88 Å². The van der Waals surface area contributed by atoms with Crippen LogP contribution in [-0.2, 0) is 6.54 Å². The van der Waals surface area contributed by atoms with Crippen molar-refractivity contribution in [3.05, 3.63) is 22.4 Å². The lowest BCUT2D eigenvalue weighted by molar-refractivity contribution is 0.139. The molecular formula is C9H15NOS. The van der Waals surface area contributed by atoms with Gasteiger partial charge in [-0.2, -0.15) is 0 Å². The summed E-state index contributed by atoms with van der Waals surface area (Å²) in [5.74, 6) is 0. The van der Waals surface area contributed by atoms with E-state index in [-0.39, 0.29) is 6.10 Å². The molecule has 1 unspecified atom stereocenters. The molecule has 1 aromatic heterocycles. The number of hydrogen-bond donors (Lipinski definition) is 1. The van der Waals surface area contributed by atoms with Crippen LogP contribution >= 0.6 is 11.3 Å². The maximum atomic E-state index is 9.11. The summed E-state index contributed by atoms with van der Waals surface area (Å²) in [6.45, 7) is 3.48. The normalized spacial score (nSPS) is 13.7. The molecule has 0 aliphatic carbocycles. The average Bonchev–Trinajstić information content (AvgIpc) is 2.37. The summed E-state index contributed by atoms with van der Waals surface area (Å²) in [5, 5.41) is 11.2. The van der Waals surface area contributed by atoms with Gasteiger partial charge in [0, 0.05) is 18.0 Å². The molecular weight excluding hydrogens is 170 g/mol. The first-order valence-electron chi connectivity index (χ1n) is 4.07. The van der Waals surface area contributed by atoms with Crippen molar-refractivity contribution in [3.63, 3.8) is 0 Å². The Morgan fingerprint density at radius 3 is 2.92 bits per heavy atom. The van der Waals surface area contributed by atoms with Gasteiger partial charge in [0.1, 0.15) is 0 Å². The van der Waals surface area contributed by atoms with Crippen molar-refractivity contribution >= 4 is 11.3 Å². The molecule has 1 atom stereocenters. The van der Waals surface area contributed by atoms with E-state index < -0.39 is 0 Å². The van der Waals surface area contributed by atoms with Crippen molar-refractivity contribution in [3.8, 4) is 0 Å². The summed E-state index contributed by atoms with van der Waals surface area (Å²) in [6, 6.07) is 4.17. The van der Waals surface area contributed by atoms with Crippen molar-refractivity contribution in [1.29, 1.82) is 0 Å². The molecule has 0 saturated carbocycles. The molecule has 1 rings (SSSR count). The van der Waals surface area contributed by atoms with Crippen LogP contribution in [0.4, 0.5) is 0 Å². The summed E-state index contributed by atoms with van der Waals surface area (Å²) in [4.78, 5) is 3.47. The molecule has 0 aliphatic heterocycles. The maximum Gasteiger partial charge on any atom is 0.0639 e. The molecule has 68 valence electrons. The molecule has 1 aromatic rings. The standard InChI is InChI=1S/C9H15NOS/c1-8(11)6-10(2)7-9-4-3-5-12-9/h3-5,8,11H,6-7H2,1-2H3. The van der Waals surface area contributed by atoms with Gasteiger partial charge in [-0.25, -0.2) is 0 Å². The van der Waals surface area contributed by atoms with Gasteiger partial charge in [-0.3, -0.25) is 4.90 Å². The fourth-order valence-corrected chi connectivity index (χ4v) is 1.97. The quantitative estimate of drug-likeness (QED) is 0.769. The SMILES string of the molecule is CC(O)CN(C)Cc1cccs1. The Morgan fingerprint density at radius 2 is 2.42 bits per heavy atom. The maximum absolute atomic E-state index is 9.11. The zero-order valence-corrected chi connectivity index (χ0v) is 8.34. The van der Waals surface area contributed by atoms with E-state index in [0.29, 0.717) is 0 Å². The van der Waals surface area contributed by atoms with E-state index in [0.717, 1.165) is 13.1 Å². The fraction of sp³-hybridized carbons (Fsp3) is 0.556. The molecule has 0 bridgehead atoms. The predicted octanol–water partition coefficient (Wildman–Crippen LogP) is 1.56. The van der Waals surface area contributed by atoms with E-state index in [1.807, 2.05) is 14.0 Å². The Kier molecular flexibility index (Phi) is 3.72. The van der Waals surface area contributed by atoms with Gasteiger partial charge in [-0.15, -0.1) is 11.3 Å². The van der Waals surface area contributed by atoms with Crippen LogP contribution in [0.2, 0.25) is 0 Å². The lowest BCUT2D eigenvalue weighted by atomic mass is 10.3. The lowest BCUT2D eigenvalue weighted by Crippen LogP contribution is -2.26. The first kappa shape index (κ1) is 9.71. The first-order valence-corrected chi connectivity index (χ1v) is 4.95. The van der Waals surface area contributed by atoms with Crippen molar-refractivity contribution < 1.29 is 5.11 Å². The third-order valence-corrected chi connectivity index (χ3v) is 2.44. The second-order valence-electron chi connectivity index (χ2n) is 3.13. The topological polar surface area (TPSA) is 23.5 Å². The van der Waals surface area contributed by atoms with Gasteiger partial charge in [0.15, 0.2) is 0 Å². The van der Waals surface area contributed by atoms with E-state index in [9.17, 15) is 0 Å². The van der Waals surface area contributed by atoms with Crippen LogP contribution in [0.1, 0.15) is 11.8 Å². The highest BCUT2D eigenvalue weighted by Gasteiger charge is 2.03. The van der Waals surface area contributed by atoms with Crippen molar-refractivity contribution in [2.24, 2.45) is 0 Å². The van der Waals surface area contributed by atoms with Crippen molar-refractivity contribution in [2.45, 2.75) is 19.6 Å². The molecule has 0 aliphatic rings. The van der Waals surface area contributed by atoms with Gasteiger partial charge in [-0.05, 0) is 25.4 Å². The van der Waals surface area contributed by atoms with Gasteiger partial charge in [-0.1, -0.05) is 6.07 Å². The Balaban J connectivity index is 2.32. The molecule has 3 heteroatoms. The first-order chi connectivity index (χ1) is 5.68. The molecule has 0 aromatic carbocycles. The van der Waals surface area contributed by atoms with Crippen LogP contribution in [0.15, 0.2) is 17.5 Å². The number of likely N-dealkylation sites (N-methyl/N-ethyl adjacent to an activating group) is 1. The summed E-state index contributed by atoms with van der Waals surface area (Å²) >= 11 is 1.76. The van der Waals surface area contributed by atoms with Crippen molar-refractivity contribution in [1.82, 2.24) is 4.90 Å². The van der Waals surface area contributed by atoms with Crippen LogP contribution in [-0.4, -0.2) is 29.7 Å². The third-order valence-electron chi connectivity index (χ3n) is 1.58. The molecule has 0 radical (unpaired) electrons. The molecule has 0 spiro atoms. The number of aliphatic hydroxyl groups is 1. The summed E-state index contributed by atoms with van der Waals surface area (Å²) in [5.41, 5.74) is 0. The molecule has 2 nitrogen and oxygen atoms in total. The average molecular weight is 185 g/mol. The highest BCUT2D eigenvalue weighted by atomic mass is 32.1. The summed E-state index contributed by atoms with van der Waals surface area (Å²) in [6.07, 6.45) is -0.241. The molecule has 1 N–H and O–H groups in total. The number of hydrogen-bond acceptors (Lipinski definition) is 3.